The highest BCUT2D eigenvalue weighted by Gasteiger charge is 2.47. The Bertz CT molecular complexity index is 816. The Morgan fingerprint density at radius 3 is 2.41 bits per heavy atom. The zero-order valence-corrected chi connectivity index (χ0v) is 16.6. The molecule has 2 fully saturated rings. The number of ether oxygens (including phenoxy) is 1. The van der Waals surface area contributed by atoms with Crippen LogP contribution >= 0.6 is 0 Å². The molecule has 29 heavy (non-hydrogen) atoms. The van der Waals surface area contributed by atoms with Gasteiger partial charge < -0.3 is 10.1 Å². The molecule has 3 amide bonds. The number of hydrogen-bond acceptors (Lipinski definition) is 5. The van der Waals surface area contributed by atoms with Gasteiger partial charge in [0.2, 0.25) is 11.8 Å². The van der Waals surface area contributed by atoms with E-state index in [1.165, 1.54) is 19.1 Å². The summed E-state index contributed by atoms with van der Waals surface area (Å²) in [5.41, 5.74) is 0.713. The maximum Gasteiger partial charge on any atom is 0.308 e. The SMILES string of the molecule is Cc1ccc(NC(=O)[C@@H](C)OC(=O)CCN2C(=O)[C@H]3CCCC[C@H]3C2=O)cc1F. The number of carbonyl (C=O) groups excluding carboxylic acids is 4. The van der Waals surface area contributed by atoms with Crippen molar-refractivity contribution in [2.24, 2.45) is 11.8 Å². The minimum Gasteiger partial charge on any atom is -0.452 e. The lowest BCUT2D eigenvalue weighted by atomic mass is 9.81. The van der Waals surface area contributed by atoms with E-state index >= 15 is 0 Å². The molecular formula is C21H25FN2O5. The molecule has 1 aliphatic carbocycles. The van der Waals surface area contributed by atoms with Gasteiger partial charge in [-0.1, -0.05) is 18.9 Å². The fraction of sp³-hybridized carbons (Fsp3) is 0.524. The summed E-state index contributed by atoms with van der Waals surface area (Å²) in [4.78, 5) is 50.2. The van der Waals surface area contributed by atoms with Crippen molar-refractivity contribution in [2.45, 2.75) is 52.1 Å². The van der Waals surface area contributed by atoms with Crippen LogP contribution in [-0.2, 0) is 23.9 Å². The van der Waals surface area contributed by atoms with Crippen LogP contribution in [0.25, 0.3) is 0 Å². The molecule has 1 saturated carbocycles. The third-order valence-electron chi connectivity index (χ3n) is 5.59. The Balaban J connectivity index is 1.48. The minimum atomic E-state index is -1.10. The predicted molar refractivity (Wildman–Crippen MR) is 102 cm³/mol. The topological polar surface area (TPSA) is 92.8 Å². The number of aryl methyl sites for hydroxylation is 1. The molecule has 1 N–H and O–H groups in total. The van der Waals surface area contributed by atoms with Crippen LogP contribution in [0.5, 0.6) is 0 Å². The van der Waals surface area contributed by atoms with E-state index in [0.717, 1.165) is 17.7 Å². The normalized spacial score (nSPS) is 22.2. The van der Waals surface area contributed by atoms with Crippen LogP contribution in [0.4, 0.5) is 10.1 Å². The third-order valence-corrected chi connectivity index (χ3v) is 5.59. The van der Waals surface area contributed by atoms with Crippen LogP contribution in [-0.4, -0.2) is 41.2 Å². The first-order chi connectivity index (χ1) is 13.8. The number of nitrogens with one attached hydrogen (secondary N) is 1. The van der Waals surface area contributed by atoms with Crippen molar-refractivity contribution in [3.05, 3.63) is 29.6 Å². The molecule has 7 nitrogen and oxygen atoms in total. The summed E-state index contributed by atoms with van der Waals surface area (Å²) in [6.07, 6.45) is 2.04. The lowest BCUT2D eigenvalue weighted by Gasteiger charge is -2.19. The molecule has 0 aromatic heterocycles. The number of benzene rings is 1. The van der Waals surface area contributed by atoms with Crippen molar-refractivity contribution in [2.75, 3.05) is 11.9 Å². The van der Waals surface area contributed by atoms with Gasteiger partial charge in [-0.2, -0.15) is 0 Å². The average molecular weight is 404 g/mol. The number of amides is 3. The largest absolute Gasteiger partial charge is 0.452 e. The van der Waals surface area contributed by atoms with Gasteiger partial charge in [0, 0.05) is 12.2 Å². The molecule has 1 heterocycles. The molecule has 0 bridgehead atoms. The summed E-state index contributed by atoms with van der Waals surface area (Å²) >= 11 is 0. The maximum atomic E-state index is 13.6. The standard InChI is InChI=1S/C21H25FN2O5/c1-12-7-8-14(11-17(12)22)23-19(26)13(2)29-18(25)9-10-24-20(27)15-5-3-4-6-16(15)21(24)28/h7-8,11,13,15-16H,3-6,9-10H2,1-2H3,(H,23,26)/t13-,15-,16+/m1/s1. The lowest BCUT2D eigenvalue weighted by Crippen LogP contribution is -2.35. The first-order valence-electron chi connectivity index (χ1n) is 9.89. The van der Waals surface area contributed by atoms with Crippen molar-refractivity contribution >= 4 is 29.4 Å². The Morgan fingerprint density at radius 2 is 1.83 bits per heavy atom. The number of hydrogen-bond donors (Lipinski definition) is 1. The molecule has 3 atom stereocenters. The molecule has 8 heteroatoms. The van der Waals surface area contributed by atoms with Gasteiger partial charge >= 0.3 is 5.97 Å². The maximum absolute atomic E-state index is 13.6. The molecule has 0 radical (unpaired) electrons. The van der Waals surface area contributed by atoms with Crippen molar-refractivity contribution < 1.29 is 28.3 Å². The summed E-state index contributed by atoms with van der Waals surface area (Å²) in [7, 11) is 0. The van der Waals surface area contributed by atoms with Gasteiger partial charge in [-0.25, -0.2) is 4.39 Å². The Kier molecular flexibility index (Phi) is 6.30. The zero-order chi connectivity index (χ0) is 21.1. The van der Waals surface area contributed by atoms with Crippen molar-refractivity contribution in [3.8, 4) is 0 Å². The summed E-state index contributed by atoms with van der Waals surface area (Å²) in [6, 6.07) is 4.27. The molecule has 0 spiro atoms. The molecular weight excluding hydrogens is 379 g/mol. The van der Waals surface area contributed by atoms with Crippen molar-refractivity contribution in [1.29, 1.82) is 0 Å². The molecule has 156 valence electrons. The summed E-state index contributed by atoms with van der Waals surface area (Å²) in [5, 5.41) is 2.49. The first kappa shape index (κ1) is 21.0. The number of anilines is 1. The van der Waals surface area contributed by atoms with Crippen LogP contribution in [0.1, 0.15) is 44.6 Å². The number of imide groups is 1. The number of carbonyl (C=O) groups is 4. The smallest absolute Gasteiger partial charge is 0.308 e. The van der Waals surface area contributed by atoms with Crippen molar-refractivity contribution in [1.82, 2.24) is 4.90 Å². The van der Waals surface area contributed by atoms with E-state index < -0.39 is 23.8 Å². The van der Waals surface area contributed by atoms with Gasteiger partial charge in [-0.15, -0.1) is 0 Å². The van der Waals surface area contributed by atoms with Crippen LogP contribution in [0.3, 0.4) is 0 Å². The van der Waals surface area contributed by atoms with Gasteiger partial charge in [0.1, 0.15) is 5.82 Å². The number of halogens is 1. The number of nitrogens with zero attached hydrogens (tertiary/aromatic N) is 1. The Labute approximate surface area is 168 Å². The molecule has 1 saturated heterocycles. The monoisotopic (exact) mass is 404 g/mol. The highest BCUT2D eigenvalue weighted by molar-refractivity contribution is 6.05. The van der Waals surface area contributed by atoms with E-state index in [4.69, 9.17) is 4.74 Å². The van der Waals surface area contributed by atoms with Gasteiger partial charge in [-0.05, 0) is 44.4 Å². The second-order valence-corrected chi connectivity index (χ2v) is 7.66. The van der Waals surface area contributed by atoms with Crippen LogP contribution in [0.2, 0.25) is 0 Å². The van der Waals surface area contributed by atoms with E-state index in [2.05, 4.69) is 5.32 Å². The van der Waals surface area contributed by atoms with E-state index in [-0.39, 0.29) is 42.3 Å². The van der Waals surface area contributed by atoms with E-state index in [0.29, 0.717) is 18.4 Å². The molecule has 1 aliphatic heterocycles. The summed E-state index contributed by atoms with van der Waals surface area (Å²) < 4.78 is 18.7. The van der Waals surface area contributed by atoms with Crippen LogP contribution in [0.15, 0.2) is 18.2 Å². The molecule has 1 aromatic carbocycles. The van der Waals surface area contributed by atoms with E-state index in [1.807, 2.05) is 0 Å². The van der Waals surface area contributed by atoms with Crippen molar-refractivity contribution in [3.63, 3.8) is 0 Å². The summed E-state index contributed by atoms with van der Waals surface area (Å²) in [5.74, 6) is -2.66. The van der Waals surface area contributed by atoms with Gasteiger partial charge in [0.15, 0.2) is 6.10 Å². The second-order valence-electron chi connectivity index (χ2n) is 7.66. The molecule has 2 aliphatic rings. The summed E-state index contributed by atoms with van der Waals surface area (Å²) in [6.45, 7) is 2.97. The predicted octanol–water partition coefficient (Wildman–Crippen LogP) is 2.57. The lowest BCUT2D eigenvalue weighted by molar-refractivity contribution is -0.154. The number of likely N-dealkylation sites (tertiary alicyclic amines) is 1. The molecule has 3 rings (SSSR count). The Hall–Kier alpha value is -2.77. The number of rotatable bonds is 6. The fourth-order valence-electron chi connectivity index (χ4n) is 3.88. The molecule has 1 aromatic rings. The quantitative estimate of drug-likeness (QED) is 0.581. The highest BCUT2D eigenvalue weighted by Crippen LogP contribution is 2.37. The second kappa shape index (κ2) is 8.71. The third kappa shape index (κ3) is 4.63. The fourth-order valence-corrected chi connectivity index (χ4v) is 3.88. The van der Waals surface area contributed by atoms with Gasteiger partial charge in [0.25, 0.3) is 5.91 Å². The molecule has 0 unspecified atom stereocenters. The van der Waals surface area contributed by atoms with Gasteiger partial charge in [-0.3, -0.25) is 24.1 Å². The highest BCUT2D eigenvalue weighted by atomic mass is 19.1. The van der Waals surface area contributed by atoms with Crippen LogP contribution < -0.4 is 5.32 Å². The number of esters is 1. The first-order valence-corrected chi connectivity index (χ1v) is 9.89. The minimum absolute atomic E-state index is 0.0407. The van der Waals surface area contributed by atoms with E-state index in [9.17, 15) is 23.6 Å². The Morgan fingerprint density at radius 1 is 1.21 bits per heavy atom. The van der Waals surface area contributed by atoms with Crippen LogP contribution in [0, 0.1) is 24.6 Å². The number of fused-ring (bicyclic) bond motifs is 1. The zero-order valence-electron chi connectivity index (χ0n) is 16.6. The van der Waals surface area contributed by atoms with Gasteiger partial charge in [0.05, 0.1) is 18.3 Å². The average Bonchev–Trinajstić information content (AvgIpc) is 2.93. The van der Waals surface area contributed by atoms with E-state index in [1.54, 1.807) is 13.0 Å².